The molecule has 0 aromatic rings. The Hall–Kier alpha value is 1.80. The SMILES string of the molecule is [O]=[Ti].[Pd].[Rh]. The van der Waals surface area contributed by atoms with E-state index in [0.717, 1.165) is 20.4 Å². The fourth-order valence-electron chi connectivity index (χ4n) is 0. The minimum absolute atomic E-state index is 0. The average molecular weight is 273 g/mol. The van der Waals surface area contributed by atoms with Crippen molar-refractivity contribution in [2.24, 2.45) is 0 Å². The molecule has 0 amide bonds. The summed E-state index contributed by atoms with van der Waals surface area (Å²) in [6, 6.07) is 0. The molecule has 0 saturated carbocycles. The Morgan fingerprint density at radius 3 is 1.25 bits per heavy atom. The Morgan fingerprint density at radius 2 is 1.25 bits per heavy atom. The Bertz CT molecular complexity index is 8.00. The molecule has 0 saturated heterocycles. The van der Waals surface area contributed by atoms with Gasteiger partial charge in [-0.05, 0) is 0 Å². The van der Waals surface area contributed by atoms with Gasteiger partial charge in [0.1, 0.15) is 0 Å². The van der Waals surface area contributed by atoms with Gasteiger partial charge < -0.3 is 0 Å². The van der Waals surface area contributed by atoms with Crippen molar-refractivity contribution in [2.45, 2.75) is 0 Å². The van der Waals surface area contributed by atoms with Crippen molar-refractivity contribution < 1.29 is 63.6 Å². The zero-order valence-electron chi connectivity index (χ0n) is 1.56. The summed E-state index contributed by atoms with van der Waals surface area (Å²) >= 11 is 0.750. The van der Waals surface area contributed by atoms with E-state index < -0.39 is 0 Å². The largest absolute Gasteiger partial charge is 0 e. The molecule has 0 bridgehead atoms. The molecule has 0 aliphatic carbocycles. The summed E-state index contributed by atoms with van der Waals surface area (Å²) in [4.78, 5) is 0. The molecule has 0 atom stereocenters. The molecule has 0 rings (SSSR count). The van der Waals surface area contributed by atoms with Gasteiger partial charge >= 0.3 is 23.7 Å². The van der Waals surface area contributed by atoms with Gasteiger partial charge in [0.15, 0.2) is 0 Å². The minimum Gasteiger partial charge on any atom is 0 e. The maximum absolute atomic E-state index is 8.25. The topological polar surface area (TPSA) is 17.1 Å². The summed E-state index contributed by atoms with van der Waals surface area (Å²) in [6.45, 7) is 0. The summed E-state index contributed by atoms with van der Waals surface area (Å²) in [6.07, 6.45) is 0. The first-order chi connectivity index (χ1) is 1.00. The van der Waals surface area contributed by atoms with Crippen LogP contribution in [-0.4, -0.2) is 0 Å². The summed E-state index contributed by atoms with van der Waals surface area (Å²) < 4.78 is 8.25. The molecule has 0 N–H and O–H groups in total. The van der Waals surface area contributed by atoms with Crippen molar-refractivity contribution in [3.63, 3.8) is 0 Å². The third-order valence-corrected chi connectivity index (χ3v) is 0. The molecular weight excluding hydrogens is 273 g/mol. The van der Waals surface area contributed by atoms with Crippen LogP contribution in [0.15, 0.2) is 0 Å². The quantitative estimate of drug-likeness (QED) is 0.562. The maximum atomic E-state index is 8.25. The van der Waals surface area contributed by atoms with Crippen molar-refractivity contribution in [3.8, 4) is 0 Å². The predicted molar refractivity (Wildman–Crippen MR) is 0.686 cm³/mol. The van der Waals surface area contributed by atoms with Crippen LogP contribution in [0.25, 0.3) is 0 Å². The average Bonchev–Trinajstić information content (AvgIpc) is 1.00. The van der Waals surface area contributed by atoms with E-state index in [0.29, 0.717) is 0 Å². The molecule has 1 nitrogen and oxygen atoms in total. The van der Waals surface area contributed by atoms with Crippen LogP contribution in [0.1, 0.15) is 0 Å². The summed E-state index contributed by atoms with van der Waals surface area (Å²) in [7, 11) is 0. The van der Waals surface area contributed by atoms with E-state index in [-0.39, 0.29) is 39.9 Å². The molecular formula is OPdRhTi. The Labute approximate surface area is 63.1 Å². The molecule has 1 radical (unpaired) electrons. The van der Waals surface area contributed by atoms with Crippen molar-refractivity contribution in [3.05, 3.63) is 0 Å². The minimum atomic E-state index is 0. The van der Waals surface area contributed by atoms with Crippen molar-refractivity contribution in [2.75, 3.05) is 0 Å². The van der Waals surface area contributed by atoms with Gasteiger partial charge in [0.25, 0.3) is 0 Å². The van der Waals surface area contributed by atoms with Gasteiger partial charge in [-0.3, -0.25) is 0 Å². The zero-order chi connectivity index (χ0) is 2.00. The van der Waals surface area contributed by atoms with Crippen LogP contribution in [-0.2, 0) is 63.6 Å². The Morgan fingerprint density at radius 1 is 1.25 bits per heavy atom. The van der Waals surface area contributed by atoms with Crippen LogP contribution in [0.5, 0.6) is 0 Å². The Kier molecular flexibility index (Phi) is 91.2. The first-order valence-corrected chi connectivity index (χ1v) is 0.842. The van der Waals surface area contributed by atoms with Gasteiger partial charge in [0, 0.05) is 39.9 Å². The van der Waals surface area contributed by atoms with Gasteiger partial charge in [-0.25, -0.2) is 0 Å². The van der Waals surface area contributed by atoms with E-state index in [9.17, 15) is 0 Å². The van der Waals surface area contributed by atoms with E-state index in [1.807, 2.05) is 0 Å². The van der Waals surface area contributed by atoms with E-state index in [1.54, 1.807) is 0 Å². The standard InChI is InChI=1S/O.Pd.Rh.Ti. The van der Waals surface area contributed by atoms with Crippen LogP contribution in [0.2, 0.25) is 0 Å². The second kappa shape index (κ2) is 21.4. The first kappa shape index (κ1) is 17.0. The van der Waals surface area contributed by atoms with Gasteiger partial charge in [0.05, 0.1) is 0 Å². The molecule has 4 heavy (non-hydrogen) atoms. The van der Waals surface area contributed by atoms with Crippen LogP contribution in [0.4, 0.5) is 0 Å². The van der Waals surface area contributed by atoms with E-state index >= 15 is 0 Å². The predicted octanol–water partition coefficient (Wildman–Crippen LogP) is -0.126. The molecule has 29 valence electrons. The monoisotopic (exact) mass is 273 g/mol. The summed E-state index contributed by atoms with van der Waals surface area (Å²) in [5, 5.41) is 0. The Balaban J connectivity index is -0.00000000500. The van der Waals surface area contributed by atoms with E-state index in [4.69, 9.17) is 3.32 Å². The molecule has 0 aliphatic heterocycles. The maximum Gasteiger partial charge on any atom is 0 e. The number of hydrogen-bond acceptors (Lipinski definition) is 1. The molecule has 0 heterocycles. The fourth-order valence-corrected chi connectivity index (χ4v) is 0. The normalized spacial score (nSPS) is 0.750. The smallest absolute Gasteiger partial charge is 0 e. The fraction of sp³-hybridized carbons (Fsp3) is 0. The third kappa shape index (κ3) is 9.20. The van der Waals surface area contributed by atoms with E-state index in [2.05, 4.69) is 0 Å². The van der Waals surface area contributed by atoms with Crippen molar-refractivity contribution in [1.82, 2.24) is 0 Å². The van der Waals surface area contributed by atoms with E-state index in [1.165, 1.54) is 0 Å². The molecule has 0 aromatic heterocycles. The molecule has 0 aromatic carbocycles. The number of rotatable bonds is 0. The molecule has 0 spiro atoms. The molecule has 4 heteroatoms. The van der Waals surface area contributed by atoms with Gasteiger partial charge in [-0.1, -0.05) is 0 Å². The van der Waals surface area contributed by atoms with Gasteiger partial charge in [-0.15, -0.1) is 0 Å². The van der Waals surface area contributed by atoms with Crippen LogP contribution in [0, 0.1) is 0 Å². The number of hydrogen-bond donors (Lipinski definition) is 0. The van der Waals surface area contributed by atoms with Gasteiger partial charge in [-0.2, -0.15) is 0 Å². The van der Waals surface area contributed by atoms with Crippen LogP contribution in [0.3, 0.4) is 0 Å². The summed E-state index contributed by atoms with van der Waals surface area (Å²) in [5.41, 5.74) is 0. The van der Waals surface area contributed by atoms with Crippen molar-refractivity contribution >= 4 is 0 Å². The second-order valence-corrected chi connectivity index (χ2v) is 0. The molecule has 0 aliphatic rings. The van der Waals surface area contributed by atoms with Gasteiger partial charge in [0.2, 0.25) is 0 Å². The zero-order valence-corrected chi connectivity index (χ0v) is 6.31. The van der Waals surface area contributed by atoms with Crippen molar-refractivity contribution in [1.29, 1.82) is 0 Å². The second-order valence-electron chi connectivity index (χ2n) is 0. The molecule has 0 unspecified atom stereocenters. The van der Waals surface area contributed by atoms with Crippen LogP contribution < -0.4 is 0 Å². The first-order valence-electron chi connectivity index (χ1n) is 0.204. The summed E-state index contributed by atoms with van der Waals surface area (Å²) in [5.74, 6) is 0. The van der Waals surface area contributed by atoms with Crippen LogP contribution >= 0.6 is 0 Å². The third-order valence-electron chi connectivity index (χ3n) is 0. The molecule has 0 fully saturated rings.